The van der Waals surface area contributed by atoms with Gasteiger partial charge in [-0.05, 0) is 6.42 Å². The van der Waals surface area contributed by atoms with Gasteiger partial charge < -0.3 is 19.5 Å². The number of unbranched alkanes of at least 4 members (excludes halogenated alkanes) is 3. The lowest BCUT2D eigenvalue weighted by Crippen LogP contribution is -2.37. The van der Waals surface area contributed by atoms with Gasteiger partial charge in [0.25, 0.3) is 0 Å². The van der Waals surface area contributed by atoms with Gasteiger partial charge in [0.05, 0.1) is 19.8 Å². The molecule has 0 spiro atoms. The van der Waals surface area contributed by atoms with Crippen LogP contribution in [-0.4, -0.2) is 62.5 Å². The first kappa shape index (κ1) is 17.4. The van der Waals surface area contributed by atoms with Crippen LogP contribution in [0.15, 0.2) is 0 Å². The molecule has 5 heteroatoms. The molecule has 0 aromatic carbocycles. The van der Waals surface area contributed by atoms with Crippen LogP contribution in [0.3, 0.4) is 0 Å². The first-order chi connectivity index (χ1) is 8.76. The third-order valence-electron chi connectivity index (χ3n) is 2.66. The summed E-state index contributed by atoms with van der Waals surface area (Å²) in [4.78, 5) is 13.5. The molecule has 0 rings (SSSR count). The third kappa shape index (κ3) is 9.39. The van der Waals surface area contributed by atoms with Gasteiger partial charge in [0.15, 0.2) is 0 Å². The molecule has 0 aromatic rings. The molecule has 0 bridgehead atoms. The smallest absolute Gasteiger partial charge is 0.248 e. The molecule has 0 fully saturated rings. The maximum absolute atomic E-state index is 11.8. The summed E-state index contributed by atoms with van der Waals surface area (Å²) >= 11 is 0. The van der Waals surface area contributed by atoms with Crippen LogP contribution in [0.4, 0.5) is 0 Å². The van der Waals surface area contributed by atoms with Gasteiger partial charge in [0.2, 0.25) is 5.91 Å². The Balaban J connectivity index is 3.79. The number of ether oxygens (including phenoxy) is 2. The fraction of sp³-hybridized carbons (Fsp3) is 0.923. The van der Waals surface area contributed by atoms with E-state index in [-0.39, 0.29) is 19.1 Å². The molecule has 0 heterocycles. The van der Waals surface area contributed by atoms with Crippen molar-refractivity contribution >= 4 is 5.91 Å². The average Bonchev–Trinajstić information content (AvgIpc) is 2.38. The summed E-state index contributed by atoms with van der Waals surface area (Å²) < 4.78 is 10.0. The number of rotatable bonds is 12. The van der Waals surface area contributed by atoms with E-state index in [2.05, 4.69) is 6.92 Å². The Bertz CT molecular complexity index is 199. The number of hydrogen-bond donors (Lipinski definition) is 1. The lowest BCUT2D eigenvalue weighted by atomic mass is 10.2. The number of amides is 1. The Morgan fingerprint density at radius 1 is 1.17 bits per heavy atom. The highest BCUT2D eigenvalue weighted by atomic mass is 16.5. The van der Waals surface area contributed by atoms with E-state index in [1.165, 1.54) is 12.8 Å². The molecule has 1 amide bonds. The van der Waals surface area contributed by atoms with Crippen molar-refractivity contribution in [2.75, 3.05) is 46.6 Å². The number of carbonyl (C=O) groups excluding carboxylic acids is 1. The van der Waals surface area contributed by atoms with Crippen LogP contribution in [0.1, 0.15) is 32.6 Å². The fourth-order valence-corrected chi connectivity index (χ4v) is 1.60. The van der Waals surface area contributed by atoms with Crippen molar-refractivity contribution in [3.05, 3.63) is 0 Å². The maximum Gasteiger partial charge on any atom is 0.248 e. The predicted molar refractivity (Wildman–Crippen MR) is 70.5 cm³/mol. The molecule has 108 valence electrons. The van der Waals surface area contributed by atoms with Gasteiger partial charge >= 0.3 is 0 Å². The topological polar surface area (TPSA) is 59.0 Å². The van der Waals surface area contributed by atoms with Crippen molar-refractivity contribution in [3.63, 3.8) is 0 Å². The van der Waals surface area contributed by atoms with Gasteiger partial charge in [0, 0.05) is 20.2 Å². The second-order valence-electron chi connectivity index (χ2n) is 4.21. The van der Waals surface area contributed by atoms with Crippen LogP contribution in [0.25, 0.3) is 0 Å². The molecule has 5 nitrogen and oxygen atoms in total. The van der Waals surface area contributed by atoms with E-state index in [1.807, 2.05) is 0 Å². The Morgan fingerprint density at radius 3 is 2.56 bits per heavy atom. The van der Waals surface area contributed by atoms with Crippen LogP contribution in [0.2, 0.25) is 0 Å². The molecule has 0 saturated carbocycles. The van der Waals surface area contributed by atoms with E-state index in [4.69, 9.17) is 14.6 Å². The fourth-order valence-electron chi connectivity index (χ4n) is 1.60. The molecule has 0 aliphatic carbocycles. The van der Waals surface area contributed by atoms with Crippen LogP contribution in [0.5, 0.6) is 0 Å². The minimum absolute atomic E-state index is 0.00239. The van der Waals surface area contributed by atoms with Gasteiger partial charge in [-0.1, -0.05) is 26.2 Å². The van der Waals surface area contributed by atoms with Gasteiger partial charge in [-0.3, -0.25) is 4.79 Å². The summed E-state index contributed by atoms with van der Waals surface area (Å²) in [5.41, 5.74) is 0. The molecule has 0 atom stereocenters. The number of aliphatic hydroxyl groups excluding tert-OH is 1. The van der Waals surface area contributed by atoms with E-state index in [9.17, 15) is 4.79 Å². The number of carbonyl (C=O) groups is 1. The number of nitrogens with zero attached hydrogens (tertiary/aromatic N) is 1. The van der Waals surface area contributed by atoms with Crippen LogP contribution in [-0.2, 0) is 14.3 Å². The molecule has 0 unspecified atom stereocenters. The van der Waals surface area contributed by atoms with Crippen LogP contribution < -0.4 is 0 Å². The average molecular weight is 261 g/mol. The summed E-state index contributed by atoms with van der Waals surface area (Å²) in [6.07, 6.45) is 4.47. The summed E-state index contributed by atoms with van der Waals surface area (Å²) in [5.74, 6) is -0.0587. The van der Waals surface area contributed by atoms with E-state index >= 15 is 0 Å². The highest BCUT2D eigenvalue weighted by Gasteiger charge is 2.12. The number of aliphatic hydroxyl groups is 1. The molecule has 0 saturated heterocycles. The van der Waals surface area contributed by atoms with Crippen molar-refractivity contribution in [1.29, 1.82) is 0 Å². The Morgan fingerprint density at radius 2 is 1.94 bits per heavy atom. The highest BCUT2D eigenvalue weighted by Crippen LogP contribution is 2.02. The minimum Gasteiger partial charge on any atom is -0.395 e. The first-order valence-corrected chi connectivity index (χ1v) is 6.71. The lowest BCUT2D eigenvalue weighted by Gasteiger charge is -2.21. The Labute approximate surface area is 110 Å². The van der Waals surface area contributed by atoms with Crippen LogP contribution >= 0.6 is 0 Å². The summed E-state index contributed by atoms with van der Waals surface area (Å²) in [5, 5.41) is 8.94. The third-order valence-corrected chi connectivity index (χ3v) is 2.66. The van der Waals surface area contributed by atoms with Crippen molar-refractivity contribution in [2.24, 2.45) is 0 Å². The highest BCUT2D eigenvalue weighted by molar-refractivity contribution is 5.77. The predicted octanol–water partition coefficient (Wildman–Crippen LogP) is 1.05. The molecule has 0 aromatic heterocycles. The normalized spacial score (nSPS) is 10.6. The van der Waals surface area contributed by atoms with Crippen molar-refractivity contribution in [1.82, 2.24) is 4.90 Å². The second kappa shape index (κ2) is 12.8. The number of methoxy groups -OCH3 is 1. The lowest BCUT2D eigenvalue weighted by molar-refractivity contribution is -0.137. The molecule has 18 heavy (non-hydrogen) atoms. The van der Waals surface area contributed by atoms with Gasteiger partial charge in [-0.2, -0.15) is 0 Å². The largest absolute Gasteiger partial charge is 0.395 e. The van der Waals surface area contributed by atoms with Gasteiger partial charge in [-0.25, -0.2) is 0 Å². The standard InChI is InChI=1S/C13H27NO4/c1-3-4-5-6-7-14(8-9-15)13(16)12-18-11-10-17-2/h15H,3-12H2,1-2H3. The second-order valence-corrected chi connectivity index (χ2v) is 4.21. The van der Waals surface area contributed by atoms with E-state index in [1.54, 1.807) is 12.0 Å². The van der Waals surface area contributed by atoms with Crippen molar-refractivity contribution < 1.29 is 19.4 Å². The first-order valence-electron chi connectivity index (χ1n) is 6.71. The van der Waals surface area contributed by atoms with E-state index in [0.29, 0.717) is 26.3 Å². The Kier molecular flexibility index (Phi) is 12.3. The summed E-state index contributed by atoms with van der Waals surface area (Å²) in [6.45, 7) is 4.22. The molecule has 0 aliphatic rings. The SMILES string of the molecule is CCCCCCN(CCO)C(=O)COCCOC. The van der Waals surface area contributed by atoms with Crippen LogP contribution in [0, 0.1) is 0 Å². The van der Waals surface area contributed by atoms with Crippen molar-refractivity contribution in [3.8, 4) is 0 Å². The van der Waals surface area contributed by atoms with Gasteiger partial charge in [0.1, 0.15) is 6.61 Å². The number of hydrogen-bond acceptors (Lipinski definition) is 4. The Hall–Kier alpha value is -0.650. The zero-order valence-electron chi connectivity index (χ0n) is 11.7. The molecule has 0 radical (unpaired) electrons. The van der Waals surface area contributed by atoms with Gasteiger partial charge in [-0.15, -0.1) is 0 Å². The molecular weight excluding hydrogens is 234 g/mol. The monoisotopic (exact) mass is 261 g/mol. The molecular formula is C13H27NO4. The molecule has 1 N–H and O–H groups in total. The van der Waals surface area contributed by atoms with Crippen molar-refractivity contribution in [2.45, 2.75) is 32.6 Å². The van der Waals surface area contributed by atoms with E-state index < -0.39 is 0 Å². The summed E-state index contributed by atoms with van der Waals surface area (Å²) in [7, 11) is 1.59. The zero-order chi connectivity index (χ0) is 13.6. The maximum atomic E-state index is 11.8. The summed E-state index contributed by atoms with van der Waals surface area (Å²) in [6, 6.07) is 0. The quantitative estimate of drug-likeness (QED) is 0.534. The van der Waals surface area contributed by atoms with E-state index in [0.717, 1.165) is 12.8 Å². The molecule has 0 aliphatic heterocycles. The zero-order valence-corrected chi connectivity index (χ0v) is 11.7. The minimum atomic E-state index is -0.0587.